The Morgan fingerprint density at radius 1 is 1.30 bits per heavy atom. The van der Waals surface area contributed by atoms with E-state index < -0.39 is 11.7 Å². The van der Waals surface area contributed by atoms with Crippen LogP contribution in [0.2, 0.25) is 0 Å². The van der Waals surface area contributed by atoms with Crippen molar-refractivity contribution in [3.05, 3.63) is 57.3 Å². The third-order valence-electron chi connectivity index (χ3n) is 2.97. The van der Waals surface area contributed by atoms with E-state index in [2.05, 4.69) is 21.2 Å². The van der Waals surface area contributed by atoms with Crippen molar-refractivity contribution in [1.29, 1.82) is 0 Å². The van der Waals surface area contributed by atoms with Crippen LogP contribution in [0.5, 0.6) is 0 Å². The number of aryl methyl sites for hydroxylation is 2. The van der Waals surface area contributed by atoms with Crippen LogP contribution in [-0.4, -0.2) is 5.91 Å². The first-order chi connectivity index (χ1) is 9.40. The lowest BCUT2D eigenvalue weighted by atomic mass is 10.1. The number of nitrogen functional groups attached to an aromatic ring is 1. The fraction of sp³-hybridized carbons (Fsp3) is 0.133. The highest BCUT2D eigenvalue weighted by Gasteiger charge is 2.15. The van der Waals surface area contributed by atoms with Gasteiger partial charge in [0.25, 0.3) is 5.91 Å². The molecule has 0 bridgehead atoms. The number of anilines is 2. The molecule has 0 radical (unpaired) electrons. The Bertz CT molecular complexity index is 663. The predicted molar refractivity (Wildman–Crippen MR) is 82.4 cm³/mol. The Morgan fingerprint density at radius 3 is 2.65 bits per heavy atom. The molecule has 3 N–H and O–H groups in total. The first kappa shape index (κ1) is 14.5. The van der Waals surface area contributed by atoms with Crippen molar-refractivity contribution >= 4 is 33.2 Å². The molecule has 0 aromatic heterocycles. The summed E-state index contributed by atoms with van der Waals surface area (Å²) in [6, 6.07) is 8.02. The van der Waals surface area contributed by atoms with Crippen LogP contribution in [0, 0.1) is 19.7 Å². The van der Waals surface area contributed by atoms with E-state index in [0.29, 0.717) is 5.69 Å². The number of nitrogens with one attached hydrogen (secondary N) is 1. The van der Waals surface area contributed by atoms with E-state index in [9.17, 15) is 9.18 Å². The first-order valence-electron chi connectivity index (χ1n) is 6.02. The summed E-state index contributed by atoms with van der Waals surface area (Å²) in [6.07, 6.45) is 0. The van der Waals surface area contributed by atoms with Gasteiger partial charge in [-0.2, -0.15) is 0 Å². The van der Waals surface area contributed by atoms with E-state index in [1.54, 1.807) is 0 Å². The monoisotopic (exact) mass is 336 g/mol. The topological polar surface area (TPSA) is 55.1 Å². The van der Waals surface area contributed by atoms with E-state index in [0.717, 1.165) is 15.6 Å². The van der Waals surface area contributed by atoms with Gasteiger partial charge in [0.1, 0.15) is 5.82 Å². The number of hydrogen-bond acceptors (Lipinski definition) is 2. The third-order valence-corrected chi connectivity index (χ3v) is 3.59. The van der Waals surface area contributed by atoms with Gasteiger partial charge in [-0.1, -0.05) is 12.1 Å². The lowest BCUT2D eigenvalue weighted by molar-refractivity contribution is 0.102. The normalized spacial score (nSPS) is 10.4. The minimum absolute atomic E-state index is 0.122. The molecular formula is C15H14BrFN2O. The zero-order valence-corrected chi connectivity index (χ0v) is 12.7. The van der Waals surface area contributed by atoms with Crippen LogP contribution >= 0.6 is 15.9 Å². The third kappa shape index (κ3) is 2.82. The van der Waals surface area contributed by atoms with Gasteiger partial charge in [-0.05, 0) is 59.1 Å². The SMILES string of the molecule is Cc1cc(C)c(NC(=O)c2cccc(F)c2N)c(Br)c1. The molecule has 0 saturated carbocycles. The first-order valence-corrected chi connectivity index (χ1v) is 6.81. The van der Waals surface area contributed by atoms with Gasteiger partial charge >= 0.3 is 0 Å². The van der Waals surface area contributed by atoms with E-state index in [-0.39, 0.29) is 11.3 Å². The number of carbonyl (C=O) groups excluding carboxylic acids is 1. The fourth-order valence-corrected chi connectivity index (χ4v) is 2.76. The minimum atomic E-state index is -0.600. The maximum atomic E-state index is 13.4. The zero-order valence-electron chi connectivity index (χ0n) is 11.1. The molecule has 0 saturated heterocycles. The summed E-state index contributed by atoms with van der Waals surface area (Å²) in [5, 5.41) is 2.76. The highest BCUT2D eigenvalue weighted by Crippen LogP contribution is 2.28. The van der Waals surface area contributed by atoms with Crippen LogP contribution in [0.25, 0.3) is 0 Å². The van der Waals surface area contributed by atoms with Crippen LogP contribution in [-0.2, 0) is 0 Å². The molecular weight excluding hydrogens is 323 g/mol. The van der Waals surface area contributed by atoms with Crippen LogP contribution in [0.15, 0.2) is 34.8 Å². The standard InChI is InChI=1S/C15H14BrFN2O/c1-8-6-9(2)14(11(16)7-8)19-15(20)10-4-3-5-12(17)13(10)18/h3-7H,18H2,1-2H3,(H,19,20). The number of para-hydroxylation sites is 1. The molecule has 5 heteroatoms. The summed E-state index contributed by atoms with van der Waals surface area (Å²) < 4.78 is 14.2. The molecule has 0 aliphatic carbocycles. The molecule has 0 unspecified atom stereocenters. The molecule has 3 nitrogen and oxygen atoms in total. The molecule has 0 aliphatic rings. The highest BCUT2D eigenvalue weighted by atomic mass is 79.9. The van der Waals surface area contributed by atoms with Crippen molar-refractivity contribution in [2.75, 3.05) is 11.1 Å². The van der Waals surface area contributed by atoms with Gasteiger partial charge in [0, 0.05) is 4.47 Å². The van der Waals surface area contributed by atoms with Crippen LogP contribution in [0.3, 0.4) is 0 Å². The van der Waals surface area contributed by atoms with Gasteiger partial charge in [0.15, 0.2) is 0 Å². The van der Waals surface area contributed by atoms with Crippen molar-refractivity contribution in [3.8, 4) is 0 Å². The minimum Gasteiger partial charge on any atom is -0.396 e. The summed E-state index contributed by atoms with van der Waals surface area (Å²) in [7, 11) is 0. The Kier molecular flexibility index (Phi) is 4.09. The number of hydrogen-bond donors (Lipinski definition) is 2. The molecule has 0 atom stereocenters. The summed E-state index contributed by atoms with van der Waals surface area (Å²) >= 11 is 3.41. The number of amides is 1. The average molecular weight is 337 g/mol. The summed E-state index contributed by atoms with van der Waals surface area (Å²) in [5.41, 5.74) is 8.22. The molecule has 20 heavy (non-hydrogen) atoms. The van der Waals surface area contributed by atoms with Gasteiger partial charge in [0.2, 0.25) is 0 Å². The molecule has 2 aromatic rings. The number of rotatable bonds is 2. The second-order valence-electron chi connectivity index (χ2n) is 4.59. The number of benzene rings is 2. The van der Waals surface area contributed by atoms with Gasteiger partial charge < -0.3 is 11.1 Å². The average Bonchev–Trinajstić information content (AvgIpc) is 2.36. The highest BCUT2D eigenvalue weighted by molar-refractivity contribution is 9.10. The summed E-state index contributed by atoms with van der Waals surface area (Å²) in [6.45, 7) is 3.86. The zero-order chi connectivity index (χ0) is 14.9. The second kappa shape index (κ2) is 5.63. The smallest absolute Gasteiger partial charge is 0.257 e. The van der Waals surface area contributed by atoms with Gasteiger partial charge in [-0.15, -0.1) is 0 Å². The van der Waals surface area contributed by atoms with Gasteiger partial charge in [-0.25, -0.2) is 4.39 Å². The van der Waals surface area contributed by atoms with E-state index in [1.807, 2.05) is 26.0 Å². The predicted octanol–water partition coefficient (Wildman–Crippen LogP) is 4.04. The quantitative estimate of drug-likeness (QED) is 0.813. The van der Waals surface area contributed by atoms with Gasteiger partial charge in [0.05, 0.1) is 16.9 Å². The number of halogens is 2. The molecule has 2 rings (SSSR count). The van der Waals surface area contributed by atoms with E-state index >= 15 is 0 Å². The van der Waals surface area contributed by atoms with E-state index in [4.69, 9.17) is 5.73 Å². The number of carbonyl (C=O) groups is 1. The van der Waals surface area contributed by atoms with Gasteiger partial charge in [-0.3, -0.25) is 4.79 Å². The maximum absolute atomic E-state index is 13.4. The van der Waals surface area contributed by atoms with Crippen molar-refractivity contribution < 1.29 is 9.18 Å². The van der Waals surface area contributed by atoms with Crippen LogP contribution in [0.4, 0.5) is 15.8 Å². The Labute approximate surface area is 125 Å². The molecule has 0 aliphatic heterocycles. The largest absolute Gasteiger partial charge is 0.396 e. The lowest BCUT2D eigenvalue weighted by Crippen LogP contribution is -2.16. The Hall–Kier alpha value is -1.88. The fourth-order valence-electron chi connectivity index (χ4n) is 1.99. The molecule has 2 aromatic carbocycles. The number of nitrogens with two attached hydrogens (primary N) is 1. The molecule has 1 amide bonds. The lowest BCUT2D eigenvalue weighted by Gasteiger charge is -2.13. The maximum Gasteiger partial charge on any atom is 0.257 e. The molecule has 0 spiro atoms. The van der Waals surface area contributed by atoms with Crippen molar-refractivity contribution in [3.63, 3.8) is 0 Å². The molecule has 104 valence electrons. The molecule has 0 fully saturated rings. The van der Waals surface area contributed by atoms with E-state index in [1.165, 1.54) is 18.2 Å². The van der Waals surface area contributed by atoms with Crippen molar-refractivity contribution in [2.24, 2.45) is 0 Å². The van der Waals surface area contributed by atoms with Crippen LogP contribution < -0.4 is 11.1 Å². The summed E-state index contributed by atoms with van der Waals surface area (Å²) in [4.78, 5) is 12.2. The van der Waals surface area contributed by atoms with Crippen LogP contribution in [0.1, 0.15) is 21.5 Å². The van der Waals surface area contributed by atoms with Crippen molar-refractivity contribution in [1.82, 2.24) is 0 Å². The Morgan fingerprint density at radius 2 is 2.00 bits per heavy atom. The second-order valence-corrected chi connectivity index (χ2v) is 5.45. The van der Waals surface area contributed by atoms with Crippen molar-refractivity contribution in [2.45, 2.75) is 13.8 Å². The molecule has 0 heterocycles. The summed E-state index contributed by atoms with van der Waals surface area (Å²) in [5.74, 6) is -1.04. The Balaban J connectivity index is 2.36.